The summed E-state index contributed by atoms with van der Waals surface area (Å²) in [7, 11) is 1.91. The van der Waals surface area contributed by atoms with Gasteiger partial charge in [0.2, 0.25) is 0 Å². The van der Waals surface area contributed by atoms with Crippen molar-refractivity contribution in [3.63, 3.8) is 0 Å². The second kappa shape index (κ2) is 4.19. The van der Waals surface area contributed by atoms with E-state index in [9.17, 15) is 5.11 Å². The van der Waals surface area contributed by atoms with Crippen LogP contribution in [0.4, 0.5) is 0 Å². The van der Waals surface area contributed by atoms with Crippen LogP contribution in [0.5, 0.6) is 0 Å². The highest BCUT2D eigenvalue weighted by atomic mass is 16.3. The molecule has 2 N–H and O–H groups in total. The summed E-state index contributed by atoms with van der Waals surface area (Å²) in [6.07, 6.45) is 4.24. The summed E-state index contributed by atoms with van der Waals surface area (Å²) in [5, 5.41) is 13.3. The van der Waals surface area contributed by atoms with Gasteiger partial charge in [0.25, 0.3) is 0 Å². The highest BCUT2D eigenvalue weighted by Gasteiger charge is 2.36. The van der Waals surface area contributed by atoms with E-state index in [2.05, 4.69) is 26.1 Å². The molecule has 0 atom stereocenters. The third kappa shape index (κ3) is 2.96. The molecule has 0 aromatic heterocycles. The van der Waals surface area contributed by atoms with Crippen LogP contribution in [0, 0.1) is 11.3 Å². The van der Waals surface area contributed by atoms with Crippen molar-refractivity contribution in [1.82, 2.24) is 5.32 Å². The number of rotatable bonds is 2. The van der Waals surface area contributed by atoms with Gasteiger partial charge in [-0.05, 0) is 44.1 Å². The molecule has 1 rings (SSSR count). The number of aliphatic hydroxyl groups is 1. The van der Waals surface area contributed by atoms with E-state index in [1.54, 1.807) is 0 Å². The number of hydrogen-bond donors (Lipinski definition) is 2. The van der Waals surface area contributed by atoms with E-state index < -0.39 is 5.60 Å². The first kappa shape index (κ1) is 12.0. The molecule has 1 saturated carbocycles. The van der Waals surface area contributed by atoms with Crippen molar-refractivity contribution in [2.24, 2.45) is 11.3 Å². The molecule has 1 aliphatic carbocycles. The van der Waals surface area contributed by atoms with E-state index in [1.165, 1.54) is 12.8 Å². The van der Waals surface area contributed by atoms with Crippen LogP contribution in [0.2, 0.25) is 0 Å². The third-order valence-electron chi connectivity index (χ3n) is 3.65. The Bertz CT molecular complexity index is 175. The van der Waals surface area contributed by atoms with Crippen molar-refractivity contribution in [3.05, 3.63) is 0 Å². The first-order valence-electron chi connectivity index (χ1n) is 5.74. The van der Waals surface area contributed by atoms with Crippen molar-refractivity contribution in [2.75, 3.05) is 13.6 Å². The van der Waals surface area contributed by atoms with Gasteiger partial charge in [-0.1, -0.05) is 20.8 Å². The Hall–Kier alpha value is -0.0800. The third-order valence-corrected chi connectivity index (χ3v) is 3.65. The lowest BCUT2D eigenvalue weighted by molar-refractivity contribution is -0.0224. The molecule has 14 heavy (non-hydrogen) atoms. The predicted molar refractivity (Wildman–Crippen MR) is 60.3 cm³/mol. The van der Waals surface area contributed by atoms with Crippen LogP contribution in [0.1, 0.15) is 46.5 Å². The van der Waals surface area contributed by atoms with Crippen LogP contribution >= 0.6 is 0 Å². The summed E-state index contributed by atoms with van der Waals surface area (Å²) in [5.41, 5.74) is -0.0303. The minimum atomic E-state index is -0.434. The minimum absolute atomic E-state index is 0.404. The maximum absolute atomic E-state index is 10.2. The Morgan fingerprint density at radius 1 is 1.29 bits per heavy atom. The van der Waals surface area contributed by atoms with Crippen molar-refractivity contribution >= 4 is 0 Å². The largest absolute Gasteiger partial charge is 0.389 e. The van der Waals surface area contributed by atoms with E-state index in [-0.39, 0.29) is 0 Å². The monoisotopic (exact) mass is 199 g/mol. The second-order valence-electron chi connectivity index (χ2n) is 5.89. The molecule has 0 unspecified atom stereocenters. The SMILES string of the molecule is CNCC1(O)CCC(C(C)(C)C)CC1. The molecule has 0 aromatic rings. The fourth-order valence-electron chi connectivity index (χ4n) is 2.53. The first-order valence-corrected chi connectivity index (χ1v) is 5.74. The molecule has 0 amide bonds. The molecule has 0 spiro atoms. The molecule has 1 aliphatic rings. The maximum Gasteiger partial charge on any atom is 0.0771 e. The molecular formula is C12H25NO. The molecule has 0 saturated heterocycles. The summed E-state index contributed by atoms with van der Waals surface area (Å²) in [5.74, 6) is 0.777. The van der Waals surface area contributed by atoms with Crippen LogP contribution in [0.25, 0.3) is 0 Å². The van der Waals surface area contributed by atoms with Gasteiger partial charge in [0.15, 0.2) is 0 Å². The lowest BCUT2D eigenvalue weighted by Gasteiger charge is -2.41. The molecule has 0 bridgehead atoms. The number of likely N-dealkylation sites (N-methyl/N-ethyl adjacent to an activating group) is 1. The second-order valence-corrected chi connectivity index (χ2v) is 5.89. The van der Waals surface area contributed by atoms with Crippen LogP contribution in [0.3, 0.4) is 0 Å². The zero-order valence-electron chi connectivity index (χ0n) is 10.1. The van der Waals surface area contributed by atoms with Gasteiger partial charge in [0.05, 0.1) is 5.60 Å². The fourth-order valence-corrected chi connectivity index (χ4v) is 2.53. The Morgan fingerprint density at radius 3 is 2.14 bits per heavy atom. The number of hydrogen-bond acceptors (Lipinski definition) is 2. The molecule has 84 valence electrons. The van der Waals surface area contributed by atoms with Gasteiger partial charge >= 0.3 is 0 Å². The van der Waals surface area contributed by atoms with Gasteiger partial charge in [0, 0.05) is 6.54 Å². The minimum Gasteiger partial charge on any atom is -0.389 e. The zero-order valence-corrected chi connectivity index (χ0v) is 10.1. The Labute approximate surface area is 88.1 Å². The normalized spacial score (nSPS) is 34.5. The van der Waals surface area contributed by atoms with Crippen molar-refractivity contribution in [3.8, 4) is 0 Å². The van der Waals surface area contributed by atoms with Crippen molar-refractivity contribution in [2.45, 2.75) is 52.1 Å². The van der Waals surface area contributed by atoms with Crippen LogP contribution in [-0.4, -0.2) is 24.3 Å². The van der Waals surface area contributed by atoms with E-state index in [0.29, 0.717) is 5.41 Å². The van der Waals surface area contributed by atoms with E-state index in [0.717, 1.165) is 25.3 Å². The van der Waals surface area contributed by atoms with E-state index in [1.807, 2.05) is 7.05 Å². The molecule has 1 fully saturated rings. The first-order chi connectivity index (χ1) is 6.37. The Balaban J connectivity index is 2.45. The average Bonchev–Trinajstić information content (AvgIpc) is 2.03. The van der Waals surface area contributed by atoms with Gasteiger partial charge in [-0.25, -0.2) is 0 Å². The Kier molecular flexibility index (Phi) is 3.59. The van der Waals surface area contributed by atoms with Gasteiger partial charge in [0.1, 0.15) is 0 Å². The van der Waals surface area contributed by atoms with E-state index >= 15 is 0 Å². The van der Waals surface area contributed by atoms with Crippen LogP contribution in [-0.2, 0) is 0 Å². The molecule has 2 nitrogen and oxygen atoms in total. The quantitative estimate of drug-likeness (QED) is 0.714. The summed E-state index contributed by atoms with van der Waals surface area (Å²) in [6, 6.07) is 0. The lowest BCUT2D eigenvalue weighted by atomic mass is 9.68. The van der Waals surface area contributed by atoms with Crippen LogP contribution in [0.15, 0.2) is 0 Å². The molecular weight excluding hydrogens is 174 g/mol. The molecule has 0 heterocycles. The standard InChI is InChI=1S/C12H25NO/c1-11(2,3)10-5-7-12(14,8-6-10)9-13-4/h10,13-14H,5-9H2,1-4H3. The molecule has 0 aromatic carbocycles. The topological polar surface area (TPSA) is 32.3 Å². The van der Waals surface area contributed by atoms with E-state index in [4.69, 9.17) is 0 Å². The van der Waals surface area contributed by atoms with Crippen LogP contribution < -0.4 is 5.32 Å². The van der Waals surface area contributed by atoms with Gasteiger partial charge < -0.3 is 10.4 Å². The molecule has 2 heteroatoms. The highest BCUT2D eigenvalue weighted by Crippen LogP contribution is 2.41. The summed E-state index contributed by atoms with van der Waals surface area (Å²) >= 11 is 0. The van der Waals surface area contributed by atoms with Gasteiger partial charge in [-0.2, -0.15) is 0 Å². The fraction of sp³-hybridized carbons (Fsp3) is 1.00. The predicted octanol–water partition coefficient (Wildman–Crippen LogP) is 2.17. The highest BCUT2D eigenvalue weighted by molar-refractivity contribution is 4.90. The summed E-state index contributed by atoms with van der Waals surface area (Å²) in [6.45, 7) is 7.66. The van der Waals surface area contributed by atoms with Gasteiger partial charge in [-0.3, -0.25) is 0 Å². The lowest BCUT2D eigenvalue weighted by Crippen LogP contribution is -2.44. The summed E-state index contributed by atoms with van der Waals surface area (Å²) in [4.78, 5) is 0. The van der Waals surface area contributed by atoms with Gasteiger partial charge in [-0.15, -0.1) is 0 Å². The van der Waals surface area contributed by atoms with Crippen molar-refractivity contribution < 1.29 is 5.11 Å². The molecule has 0 radical (unpaired) electrons. The smallest absolute Gasteiger partial charge is 0.0771 e. The zero-order chi connectivity index (χ0) is 10.8. The Morgan fingerprint density at radius 2 is 1.79 bits per heavy atom. The summed E-state index contributed by atoms with van der Waals surface area (Å²) < 4.78 is 0. The average molecular weight is 199 g/mol. The number of nitrogens with one attached hydrogen (secondary N) is 1. The molecule has 0 aliphatic heterocycles. The van der Waals surface area contributed by atoms with Crippen molar-refractivity contribution in [1.29, 1.82) is 0 Å². The maximum atomic E-state index is 10.2.